The molecule has 1 aromatic rings. The minimum atomic E-state index is -0.515. The molecule has 0 aliphatic rings. The van der Waals surface area contributed by atoms with E-state index >= 15 is 0 Å². The largest absolute Gasteiger partial charge is 0.326 e. The van der Waals surface area contributed by atoms with Crippen molar-refractivity contribution in [3.8, 4) is 0 Å². The van der Waals surface area contributed by atoms with Crippen LogP contribution < -0.4 is 5.73 Å². The highest BCUT2D eigenvalue weighted by Gasteiger charge is 2.35. The highest BCUT2D eigenvalue weighted by atomic mass is 19.1. The summed E-state index contributed by atoms with van der Waals surface area (Å²) >= 11 is 0. The lowest BCUT2D eigenvalue weighted by atomic mass is 9.84. The van der Waals surface area contributed by atoms with Crippen LogP contribution in [0.2, 0.25) is 0 Å². The highest BCUT2D eigenvalue weighted by molar-refractivity contribution is 5.21. The third-order valence-corrected chi connectivity index (χ3v) is 4.49. The van der Waals surface area contributed by atoms with Crippen molar-refractivity contribution in [3.05, 3.63) is 35.4 Å². The van der Waals surface area contributed by atoms with Crippen LogP contribution in [-0.2, 0) is 6.42 Å². The molecule has 2 N–H and O–H groups in total. The standard InChI is InChI=1S/C16H26F2N2/c1-5-16(4,20(6-2)7-3)15(19)11-12-13(17)9-8-10-14(12)18/h8-10,15H,5-7,11,19H2,1-4H3. The summed E-state index contributed by atoms with van der Waals surface area (Å²) in [6.45, 7) is 10.0. The molecule has 2 nitrogen and oxygen atoms in total. The Morgan fingerprint density at radius 3 is 2.05 bits per heavy atom. The monoisotopic (exact) mass is 284 g/mol. The zero-order valence-electron chi connectivity index (χ0n) is 12.9. The number of hydrogen-bond acceptors (Lipinski definition) is 2. The van der Waals surface area contributed by atoms with Gasteiger partial charge in [-0.2, -0.15) is 0 Å². The van der Waals surface area contributed by atoms with Gasteiger partial charge in [0.2, 0.25) is 0 Å². The fourth-order valence-corrected chi connectivity index (χ4v) is 2.83. The van der Waals surface area contributed by atoms with E-state index < -0.39 is 11.6 Å². The molecule has 0 amide bonds. The average molecular weight is 284 g/mol. The highest BCUT2D eigenvalue weighted by Crippen LogP contribution is 2.26. The van der Waals surface area contributed by atoms with Crippen molar-refractivity contribution in [1.29, 1.82) is 0 Å². The normalized spacial score (nSPS) is 16.2. The Hall–Kier alpha value is -1.00. The smallest absolute Gasteiger partial charge is 0.129 e. The number of nitrogens with two attached hydrogens (primary N) is 1. The lowest BCUT2D eigenvalue weighted by Crippen LogP contribution is -2.58. The number of rotatable bonds is 7. The third kappa shape index (κ3) is 3.36. The molecule has 0 aliphatic heterocycles. The Bertz CT molecular complexity index is 412. The number of nitrogens with zero attached hydrogens (tertiary/aromatic N) is 1. The van der Waals surface area contributed by atoms with Crippen LogP contribution in [0.15, 0.2) is 18.2 Å². The molecule has 0 saturated carbocycles. The van der Waals surface area contributed by atoms with E-state index in [0.717, 1.165) is 19.5 Å². The van der Waals surface area contributed by atoms with Crippen molar-refractivity contribution < 1.29 is 8.78 Å². The first-order valence-electron chi connectivity index (χ1n) is 7.34. The van der Waals surface area contributed by atoms with Crippen LogP contribution in [0, 0.1) is 11.6 Å². The predicted octanol–water partition coefficient (Wildman–Crippen LogP) is 3.35. The molecule has 1 rings (SSSR count). The number of hydrogen-bond donors (Lipinski definition) is 1. The SMILES string of the molecule is CCN(CC)C(C)(CC)C(N)Cc1c(F)cccc1F. The van der Waals surface area contributed by atoms with E-state index in [1.54, 1.807) is 0 Å². The van der Waals surface area contributed by atoms with Crippen LogP contribution >= 0.6 is 0 Å². The van der Waals surface area contributed by atoms with Gasteiger partial charge >= 0.3 is 0 Å². The third-order valence-electron chi connectivity index (χ3n) is 4.49. The Morgan fingerprint density at radius 2 is 1.65 bits per heavy atom. The first-order valence-corrected chi connectivity index (χ1v) is 7.34. The Labute approximate surface area is 121 Å². The van der Waals surface area contributed by atoms with Gasteiger partial charge in [0.25, 0.3) is 0 Å². The lowest BCUT2D eigenvalue weighted by molar-refractivity contribution is 0.0839. The summed E-state index contributed by atoms with van der Waals surface area (Å²) in [6, 6.07) is 3.62. The minimum Gasteiger partial charge on any atom is -0.326 e. The van der Waals surface area contributed by atoms with Crippen molar-refractivity contribution in [3.63, 3.8) is 0 Å². The molecule has 1 aromatic carbocycles. The topological polar surface area (TPSA) is 29.3 Å². The van der Waals surface area contributed by atoms with E-state index in [1.807, 2.05) is 0 Å². The second kappa shape index (κ2) is 7.14. The molecule has 0 aliphatic carbocycles. The van der Waals surface area contributed by atoms with Crippen LogP contribution in [0.4, 0.5) is 8.78 Å². The Morgan fingerprint density at radius 1 is 1.15 bits per heavy atom. The second-order valence-corrected chi connectivity index (χ2v) is 5.39. The molecule has 0 spiro atoms. The summed E-state index contributed by atoms with van der Waals surface area (Å²) in [7, 11) is 0. The van der Waals surface area contributed by atoms with Gasteiger partial charge in [-0.25, -0.2) is 8.78 Å². The van der Waals surface area contributed by atoms with Crippen LogP contribution in [0.3, 0.4) is 0 Å². The van der Waals surface area contributed by atoms with Gasteiger partial charge in [-0.1, -0.05) is 26.8 Å². The van der Waals surface area contributed by atoms with Gasteiger partial charge in [-0.3, -0.25) is 4.90 Å². The molecule has 20 heavy (non-hydrogen) atoms. The van der Waals surface area contributed by atoms with Crippen LogP contribution in [0.1, 0.15) is 39.7 Å². The number of halogens is 2. The molecule has 0 radical (unpaired) electrons. The maximum atomic E-state index is 13.8. The van der Waals surface area contributed by atoms with Gasteiger partial charge in [-0.05, 0) is 45.0 Å². The first-order chi connectivity index (χ1) is 9.40. The number of benzene rings is 1. The quantitative estimate of drug-likeness (QED) is 0.832. The van der Waals surface area contributed by atoms with E-state index in [2.05, 4.69) is 32.6 Å². The van der Waals surface area contributed by atoms with E-state index in [9.17, 15) is 8.78 Å². The molecule has 114 valence electrons. The molecule has 0 aromatic heterocycles. The summed E-state index contributed by atoms with van der Waals surface area (Å²) in [5, 5.41) is 0. The average Bonchev–Trinajstić information content (AvgIpc) is 2.43. The van der Waals surface area contributed by atoms with Gasteiger partial charge in [-0.15, -0.1) is 0 Å². The van der Waals surface area contributed by atoms with Gasteiger partial charge in [0.15, 0.2) is 0 Å². The Kier molecular flexibility index (Phi) is 6.08. The fourth-order valence-electron chi connectivity index (χ4n) is 2.83. The molecule has 0 fully saturated rings. The van der Waals surface area contributed by atoms with Gasteiger partial charge in [0.05, 0.1) is 0 Å². The molecule has 2 atom stereocenters. The van der Waals surface area contributed by atoms with Crippen LogP contribution in [0.5, 0.6) is 0 Å². The summed E-state index contributed by atoms with van der Waals surface area (Å²) < 4.78 is 27.5. The van der Waals surface area contributed by atoms with Crippen molar-refractivity contribution >= 4 is 0 Å². The number of likely N-dealkylation sites (N-methyl/N-ethyl adjacent to an activating group) is 1. The lowest BCUT2D eigenvalue weighted by Gasteiger charge is -2.44. The van der Waals surface area contributed by atoms with Crippen LogP contribution in [-0.4, -0.2) is 29.6 Å². The van der Waals surface area contributed by atoms with Crippen molar-refractivity contribution in [2.45, 2.75) is 52.1 Å². The fraction of sp³-hybridized carbons (Fsp3) is 0.625. The summed E-state index contributed by atoms with van der Waals surface area (Å²) in [4.78, 5) is 2.26. The zero-order chi connectivity index (χ0) is 15.3. The van der Waals surface area contributed by atoms with Crippen molar-refractivity contribution in [2.75, 3.05) is 13.1 Å². The molecule has 0 heterocycles. The van der Waals surface area contributed by atoms with Gasteiger partial charge in [0.1, 0.15) is 11.6 Å². The molecular weight excluding hydrogens is 258 g/mol. The second-order valence-electron chi connectivity index (χ2n) is 5.39. The summed E-state index contributed by atoms with van der Waals surface area (Å²) in [5.41, 5.74) is 6.13. The van der Waals surface area contributed by atoms with E-state index in [0.29, 0.717) is 0 Å². The minimum absolute atomic E-state index is 0.0897. The summed E-state index contributed by atoms with van der Waals surface area (Å²) in [6.07, 6.45) is 1.05. The molecule has 0 bridgehead atoms. The van der Waals surface area contributed by atoms with E-state index in [4.69, 9.17) is 5.73 Å². The van der Waals surface area contributed by atoms with Crippen LogP contribution in [0.25, 0.3) is 0 Å². The summed E-state index contributed by atoms with van der Waals surface area (Å²) in [5.74, 6) is -1.03. The van der Waals surface area contributed by atoms with Gasteiger partial charge in [0, 0.05) is 17.1 Å². The van der Waals surface area contributed by atoms with Crippen molar-refractivity contribution in [1.82, 2.24) is 4.90 Å². The zero-order valence-corrected chi connectivity index (χ0v) is 12.9. The van der Waals surface area contributed by atoms with E-state index in [-0.39, 0.29) is 23.6 Å². The molecule has 4 heteroatoms. The Balaban J connectivity index is 3.01. The van der Waals surface area contributed by atoms with Gasteiger partial charge < -0.3 is 5.73 Å². The molecule has 0 saturated heterocycles. The predicted molar refractivity (Wildman–Crippen MR) is 79.7 cm³/mol. The molecular formula is C16H26F2N2. The maximum Gasteiger partial charge on any atom is 0.129 e. The van der Waals surface area contributed by atoms with E-state index in [1.165, 1.54) is 18.2 Å². The van der Waals surface area contributed by atoms with Crippen molar-refractivity contribution in [2.24, 2.45) is 5.73 Å². The first kappa shape index (κ1) is 17.1. The molecule has 2 unspecified atom stereocenters. The maximum absolute atomic E-state index is 13.8.